The fourth-order valence-electron chi connectivity index (χ4n) is 4.82. The first kappa shape index (κ1) is 18.4. The van der Waals surface area contributed by atoms with E-state index in [9.17, 15) is 14.4 Å². The number of nitrogens with zero attached hydrogens (tertiary/aromatic N) is 7. The van der Waals surface area contributed by atoms with E-state index in [0.29, 0.717) is 25.5 Å². The Kier molecular flexibility index (Phi) is 3.77. The number of hydrogen-bond acceptors (Lipinski definition) is 6. The summed E-state index contributed by atoms with van der Waals surface area (Å²) in [5.41, 5.74) is 0.326. The average Bonchev–Trinajstić information content (AvgIpc) is 3.25. The molecule has 2 aliphatic heterocycles. The Morgan fingerprint density at radius 1 is 1.26 bits per heavy atom. The fraction of sp³-hybridized carbons (Fsp3) is 0.476. The number of aromatic nitrogens is 5. The molecule has 10 heteroatoms. The smallest absolute Gasteiger partial charge is 0.249 e. The van der Waals surface area contributed by atoms with E-state index in [0.717, 1.165) is 24.6 Å². The van der Waals surface area contributed by atoms with Gasteiger partial charge in [-0.15, -0.1) is 0 Å². The Morgan fingerprint density at radius 2 is 2.06 bits per heavy atom. The van der Waals surface area contributed by atoms with Gasteiger partial charge in [0.15, 0.2) is 11.6 Å². The third-order valence-corrected chi connectivity index (χ3v) is 6.82. The van der Waals surface area contributed by atoms with Crippen molar-refractivity contribution in [1.82, 2.24) is 24.4 Å². The van der Waals surface area contributed by atoms with Crippen molar-refractivity contribution >= 4 is 17.2 Å². The van der Waals surface area contributed by atoms with Gasteiger partial charge in [0.25, 0.3) is 0 Å². The number of rotatable bonds is 4. The Bertz CT molecular complexity index is 1250. The number of nitriles is 1. The fourth-order valence-corrected chi connectivity index (χ4v) is 4.82. The SMILES string of the molecule is C[C@@H]1CN(c2nc(-c3cnn(C4COC4)c3)cn3ncc(F)c23)C(=O)[C@]1(C#N)C1CC1. The highest BCUT2D eigenvalue weighted by molar-refractivity contribution is 6.04. The van der Waals surface area contributed by atoms with Gasteiger partial charge in [0.1, 0.15) is 10.9 Å². The van der Waals surface area contributed by atoms with Crippen LogP contribution in [-0.4, -0.2) is 50.0 Å². The van der Waals surface area contributed by atoms with Crippen LogP contribution in [0.15, 0.2) is 24.8 Å². The van der Waals surface area contributed by atoms with Crippen molar-refractivity contribution in [2.24, 2.45) is 17.3 Å². The van der Waals surface area contributed by atoms with Gasteiger partial charge >= 0.3 is 0 Å². The van der Waals surface area contributed by atoms with Crippen LogP contribution in [0.5, 0.6) is 0 Å². The van der Waals surface area contributed by atoms with Gasteiger partial charge in [-0.2, -0.15) is 15.5 Å². The maximum Gasteiger partial charge on any atom is 0.249 e. The molecule has 3 aromatic rings. The molecule has 31 heavy (non-hydrogen) atoms. The topological polar surface area (TPSA) is 101 Å². The summed E-state index contributed by atoms with van der Waals surface area (Å²) < 4.78 is 23.1. The van der Waals surface area contributed by atoms with Gasteiger partial charge in [0, 0.05) is 24.2 Å². The molecule has 1 aliphatic carbocycles. The maximum absolute atomic E-state index is 14.7. The molecule has 2 atom stereocenters. The van der Waals surface area contributed by atoms with E-state index in [1.54, 1.807) is 12.4 Å². The van der Waals surface area contributed by atoms with Crippen LogP contribution in [0.2, 0.25) is 0 Å². The van der Waals surface area contributed by atoms with Crippen molar-refractivity contribution in [3.05, 3.63) is 30.6 Å². The molecule has 0 unspecified atom stereocenters. The predicted molar refractivity (Wildman–Crippen MR) is 106 cm³/mol. The summed E-state index contributed by atoms with van der Waals surface area (Å²) in [7, 11) is 0. The number of halogens is 1. The highest BCUT2D eigenvalue weighted by Gasteiger charge is 2.61. The van der Waals surface area contributed by atoms with Gasteiger partial charge in [0.05, 0.1) is 49.6 Å². The molecule has 3 aromatic heterocycles. The van der Waals surface area contributed by atoms with Crippen LogP contribution in [-0.2, 0) is 9.53 Å². The second-order valence-electron chi connectivity index (χ2n) is 8.71. The quantitative estimate of drug-likeness (QED) is 0.640. The first-order valence-corrected chi connectivity index (χ1v) is 10.4. The molecule has 0 bridgehead atoms. The van der Waals surface area contributed by atoms with E-state index >= 15 is 0 Å². The maximum atomic E-state index is 14.7. The zero-order valence-electron chi connectivity index (χ0n) is 16.9. The number of fused-ring (bicyclic) bond motifs is 1. The predicted octanol–water partition coefficient (Wildman–Crippen LogP) is 2.21. The van der Waals surface area contributed by atoms with Gasteiger partial charge in [-0.3, -0.25) is 14.4 Å². The second kappa shape index (κ2) is 6.34. The molecule has 0 aromatic carbocycles. The molecule has 0 spiro atoms. The summed E-state index contributed by atoms with van der Waals surface area (Å²) in [4.78, 5) is 19.6. The van der Waals surface area contributed by atoms with Gasteiger partial charge in [-0.05, 0) is 18.8 Å². The summed E-state index contributed by atoms with van der Waals surface area (Å²) in [5, 5.41) is 18.4. The number of amides is 1. The third-order valence-electron chi connectivity index (χ3n) is 6.82. The van der Waals surface area contributed by atoms with E-state index in [2.05, 4.69) is 21.3 Å². The van der Waals surface area contributed by atoms with E-state index in [1.807, 2.05) is 17.8 Å². The minimum atomic E-state index is -1.07. The Balaban J connectivity index is 1.47. The molecule has 0 radical (unpaired) electrons. The monoisotopic (exact) mass is 421 g/mol. The lowest BCUT2D eigenvalue weighted by molar-refractivity contribution is -0.124. The average molecular weight is 421 g/mol. The highest BCUT2D eigenvalue weighted by Crippen LogP contribution is 2.54. The Hall–Kier alpha value is -3.32. The Morgan fingerprint density at radius 3 is 2.74 bits per heavy atom. The third kappa shape index (κ3) is 2.50. The second-order valence-corrected chi connectivity index (χ2v) is 8.71. The van der Waals surface area contributed by atoms with E-state index in [1.165, 1.54) is 9.42 Å². The van der Waals surface area contributed by atoms with Crippen LogP contribution in [0.25, 0.3) is 16.8 Å². The molecule has 3 fully saturated rings. The molecule has 6 rings (SSSR count). The van der Waals surface area contributed by atoms with Crippen molar-refractivity contribution in [3.8, 4) is 17.3 Å². The van der Waals surface area contributed by atoms with Gasteiger partial charge in [-0.25, -0.2) is 13.9 Å². The minimum absolute atomic E-state index is 0.0573. The molecule has 2 saturated heterocycles. The van der Waals surface area contributed by atoms with Gasteiger partial charge < -0.3 is 4.74 Å². The lowest BCUT2D eigenvalue weighted by Gasteiger charge is -2.25. The molecule has 158 valence electrons. The van der Waals surface area contributed by atoms with Crippen molar-refractivity contribution in [2.45, 2.75) is 25.8 Å². The minimum Gasteiger partial charge on any atom is -0.377 e. The molecule has 0 N–H and O–H groups in total. The largest absolute Gasteiger partial charge is 0.377 e. The number of anilines is 1. The lowest BCUT2D eigenvalue weighted by atomic mass is 9.75. The van der Waals surface area contributed by atoms with E-state index < -0.39 is 11.2 Å². The first-order chi connectivity index (χ1) is 15.0. The zero-order valence-corrected chi connectivity index (χ0v) is 16.9. The molecule has 1 saturated carbocycles. The summed E-state index contributed by atoms with van der Waals surface area (Å²) in [5.74, 6) is -0.767. The summed E-state index contributed by atoms with van der Waals surface area (Å²) >= 11 is 0. The van der Waals surface area contributed by atoms with Crippen molar-refractivity contribution in [1.29, 1.82) is 5.26 Å². The van der Waals surface area contributed by atoms with Crippen molar-refractivity contribution in [2.75, 3.05) is 24.7 Å². The zero-order chi connectivity index (χ0) is 21.3. The summed E-state index contributed by atoms with van der Waals surface area (Å²) in [6.07, 6.45) is 8.03. The normalized spacial score (nSPS) is 26.4. The summed E-state index contributed by atoms with van der Waals surface area (Å²) in [6.45, 7) is 3.46. The molecule has 9 nitrogen and oxygen atoms in total. The van der Waals surface area contributed by atoms with Crippen LogP contribution < -0.4 is 4.90 Å². The number of carbonyl (C=O) groups excluding carboxylic acids is 1. The molecule has 5 heterocycles. The molecular weight excluding hydrogens is 401 g/mol. The highest BCUT2D eigenvalue weighted by atomic mass is 19.1. The summed E-state index contributed by atoms with van der Waals surface area (Å²) in [6, 6.07) is 2.50. The molecule has 1 amide bonds. The molecular formula is C21H20FN7O2. The van der Waals surface area contributed by atoms with Crippen LogP contribution >= 0.6 is 0 Å². The van der Waals surface area contributed by atoms with Crippen LogP contribution in [0.3, 0.4) is 0 Å². The Labute approximate surface area is 177 Å². The van der Waals surface area contributed by atoms with Crippen molar-refractivity contribution in [3.63, 3.8) is 0 Å². The first-order valence-electron chi connectivity index (χ1n) is 10.4. The van der Waals surface area contributed by atoms with Crippen LogP contribution in [0.1, 0.15) is 25.8 Å². The van der Waals surface area contributed by atoms with Gasteiger partial charge in [-0.1, -0.05) is 6.92 Å². The lowest BCUT2D eigenvalue weighted by Crippen LogP contribution is -2.37. The number of carbonyl (C=O) groups is 1. The number of ether oxygens (including phenoxy) is 1. The standard InChI is InChI=1S/C21H20FN7O2/c1-12-6-27(20(30)21(12,11-23)14-2-3-14)19-18-16(22)5-25-29(18)8-17(26-19)13-4-24-28(7-13)15-9-31-10-15/h4-5,7-8,12,14-15H,2-3,6,9-10H2,1H3/t12-,21+/m1/s1. The van der Waals surface area contributed by atoms with Crippen LogP contribution in [0.4, 0.5) is 10.2 Å². The number of hydrogen-bond donors (Lipinski definition) is 0. The van der Waals surface area contributed by atoms with Crippen LogP contribution in [0, 0.1) is 34.4 Å². The molecule has 3 aliphatic rings. The van der Waals surface area contributed by atoms with E-state index in [-0.39, 0.29) is 35.1 Å². The van der Waals surface area contributed by atoms with Gasteiger partial charge in [0.2, 0.25) is 5.91 Å². The van der Waals surface area contributed by atoms with E-state index in [4.69, 9.17) is 4.74 Å². The van der Waals surface area contributed by atoms with Crippen molar-refractivity contribution < 1.29 is 13.9 Å².